The van der Waals surface area contributed by atoms with Crippen LogP contribution in [-0.2, 0) is 6.42 Å². The average molecular weight is 557 g/mol. The molecule has 1 unspecified atom stereocenters. The molecule has 38 heavy (non-hydrogen) atoms. The number of carbonyl (C=O) groups excluding carboxylic acids is 1. The molecule has 1 aliphatic carbocycles. The lowest BCUT2D eigenvalue weighted by Crippen LogP contribution is -2.53. The number of aliphatic hydroxyl groups is 2. The molecule has 0 bridgehead atoms. The third-order valence-electron chi connectivity index (χ3n) is 7.79. The lowest BCUT2D eigenvalue weighted by molar-refractivity contribution is 0.00488. The first-order valence-corrected chi connectivity index (χ1v) is 13.8. The maximum atomic E-state index is 14.0. The Hall–Kier alpha value is -2.48. The van der Waals surface area contributed by atoms with Gasteiger partial charge in [0.05, 0.1) is 12.1 Å². The van der Waals surface area contributed by atoms with Gasteiger partial charge in [0.1, 0.15) is 12.0 Å². The van der Waals surface area contributed by atoms with Crippen LogP contribution in [0.15, 0.2) is 66.7 Å². The predicted molar refractivity (Wildman–Crippen MR) is 147 cm³/mol. The molecule has 3 N–H and O–H groups in total. The number of benzene rings is 3. The van der Waals surface area contributed by atoms with Crippen molar-refractivity contribution in [3.63, 3.8) is 0 Å². The van der Waals surface area contributed by atoms with E-state index in [1.165, 1.54) is 12.1 Å². The van der Waals surface area contributed by atoms with Crippen molar-refractivity contribution in [3.8, 4) is 0 Å². The molecule has 5 nitrogen and oxygen atoms in total. The van der Waals surface area contributed by atoms with Gasteiger partial charge in [0.25, 0.3) is 5.91 Å². The van der Waals surface area contributed by atoms with E-state index in [0.29, 0.717) is 54.3 Å². The molecule has 200 valence electrons. The number of nitrogens with zero attached hydrogens (tertiary/aromatic N) is 1. The summed E-state index contributed by atoms with van der Waals surface area (Å²) in [5.74, 6) is -0.904. The summed E-state index contributed by atoms with van der Waals surface area (Å²) in [6.07, 6.45) is 1.78. The molecule has 0 aromatic heterocycles. The zero-order valence-corrected chi connectivity index (χ0v) is 22.4. The van der Waals surface area contributed by atoms with Crippen molar-refractivity contribution < 1.29 is 19.4 Å². The zero-order valence-electron chi connectivity index (χ0n) is 20.9. The van der Waals surface area contributed by atoms with Gasteiger partial charge in [-0.3, -0.25) is 10.1 Å². The SMILES string of the molecule is O=C1c2ccccc2[C@@H](C(O)NCCc2ccc(F)cc2)[C@H](c2ccc(Cl)cc2Cl)N1[C@H]1CC[C@H](O)CC1. The van der Waals surface area contributed by atoms with Crippen molar-refractivity contribution in [1.29, 1.82) is 0 Å². The van der Waals surface area contributed by atoms with Gasteiger partial charge >= 0.3 is 0 Å². The van der Waals surface area contributed by atoms with Crippen LogP contribution in [-0.4, -0.2) is 45.9 Å². The van der Waals surface area contributed by atoms with E-state index in [1.54, 1.807) is 30.3 Å². The summed E-state index contributed by atoms with van der Waals surface area (Å²) in [5, 5.41) is 26.0. The van der Waals surface area contributed by atoms with Crippen molar-refractivity contribution >= 4 is 29.1 Å². The van der Waals surface area contributed by atoms with Crippen molar-refractivity contribution in [2.45, 2.75) is 62.4 Å². The minimum atomic E-state index is -1.00. The monoisotopic (exact) mass is 556 g/mol. The molecule has 3 aromatic carbocycles. The molecule has 0 saturated heterocycles. The van der Waals surface area contributed by atoms with Crippen molar-refractivity contribution in [3.05, 3.63) is 105 Å². The van der Waals surface area contributed by atoms with E-state index in [2.05, 4.69) is 5.32 Å². The highest BCUT2D eigenvalue weighted by Gasteiger charge is 2.47. The van der Waals surface area contributed by atoms with Crippen LogP contribution in [0.5, 0.6) is 0 Å². The summed E-state index contributed by atoms with van der Waals surface area (Å²) >= 11 is 13.0. The van der Waals surface area contributed by atoms with E-state index >= 15 is 0 Å². The van der Waals surface area contributed by atoms with Crippen LogP contribution in [0, 0.1) is 5.82 Å². The van der Waals surface area contributed by atoms with Crippen LogP contribution >= 0.6 is 23.2 Å². The fourth-order valence-electron chi connectivity index (χ4n) is 5.89. The van der Waals surface area contributed by atoms with E-state index in [-0.39, 0.29) is 23.9 Å². The summed E-state index contributed by atoms with van der Waals surface area (Å²) in [7, 11) is 0. The fourth-order valence-corrected chi connectivity index (χ4v) is 6.41. The molecule has 1 saturated carbocycles. The van der Waals surface area contributed by atoms with E-state index < -0.39 is 18.2 Å². The molecule has 5 rings (SSSR count). The molecule has 3 aromatic rings. The Morgan fingerprint density at radius 3 is 2.39 bits per heavy atom. The highest BCUT2D eigenvalue weighted by atomic mass is 35.5. The number of aliphatic hydroxyl groups excluding tert-OH is 2. The van der Waals surface area contributed by atoms with Gasteiger partial charge < -0.3 is 15.1 Å². The number of amides is 1. The van der Waals surface area contributed by atoms with Gasteiger partial charge in [0.2, 0.25) is 0 Å². The van der Waals surface area contributed by atoms with E-state index in [9.17, 15) is 19.4 Å². The van der Waals surface area contributed by atoms with Crippen molar-refractivity contribution in [1.82, 2.24) is 10.2 Å². The van der Waals surface area contributed by atoms with Gasteiger partial charge in [0.15, 0.2) is 0 Å². The number of halogens is 3. The molecule has 1 heterocycles. The quantitative estimate of drug-likeness (QED) is 0.318. The number of hydrogen-bond acceptors (Lipinski definition) is 4. The summed E-state index contributed by atoms with van der Waals surface area (Å²) in [6, 6.07) is 18.3. The minimum absolute atomic E-state index is 0.104. The normalized spacial score (nSPS) is 24.2. The molecule has 8 heteroatoms. The fraction of sp³-hybridized carbons (Fsp3) is 0.367. The lowest BCUT2D eigenvalue weighted by atomic mass is 9.76. The summed E-state index contributed by atoms with van der Waals surface area (Å²) in [6.45, 7) is 0.454. The Bertz CT molecular complexity index is 1280. The standard InChI is InChI=1S/C30H31Cl2FN2O3/c31-19-7-14-25(26(32)17-19)28-27(29(37)34-16-15-18-5-8-20(33)9-6-18)23-3-1-2-4-24(23)30(38)35(28)21-10-12-22(36)13-11-21/h1-9,14,17,21-22,27-29,34,36-37H,10-13,15-16H2/t21-,22-,27-,28+,29?/m1/s1. The third-order valence-corrected chi connectivity index (χ3v) is 8.35. The van der Waals surface area contributed by atoms with E-state index in [1.807, 2.05) is 29.2 Å². The Labute approximate surface area is 232 Å². The first kappa shape index (κ1) is 27.1. The Balaban J connectivity index is 1.52. The predicted octanol–water partition coefficient (Wildman–Crippen LogP) is 5.87. The van der Waals surface area contributed by atoms with Gasteiger partial charge in [-0.25, -0.2) is 4.39 Å². The van der Waals surface area contributed by atoms with Crippen molar-refractivity contribution in [2.75, 3.05) is 6.54 Å². The van der Waals surface area contributed by atoms with Crippen LogP contribution in [0.3, 0.4) is 0 Å². The number of hydrogen-bond donors (Lipinski definition) is 3. The molecule has 3 atom stereocenters. The van der Waals surface area contributed by atoms with E-state index in [4.69, 9.17) is 23.2 Å². The molecule has 1 amide bonds. The van der Waals surface area contributed by atoms with Crippen LogP contribution in [0.2, 0.25) is 10.0 Å². The third kappa shape index (κ3) is 5.61. The summed E-state index contributed by atoms with van der Waals surface area (Å²) in [4.78, 5) is 15.9. The Morgan fingerprint density at radius 2 is 1.68 bits per heavy atom. The second-order valence-electron chi connectivity index (χ2n) is 10.2. The Kier molecular flexibility index (Phi) is 8.36. The summed E-state index contributed by atoms with van der Waals surface area (Å²) in [5.41, 5.74) is 2.98. The van der Waals surface area contributed by atoms with Gasteiger partial charge in [-0.1, -0.05) is 59.6 Å². The van der Waals surface area contributed by atoms with Gasteiger partial charge in [-0.05, 0) is 79.1 Å². The van der Waals surface area contributed by atoms with E-state index in [0.717, 1.165) is 16.7 Å². The molecular formula is C30H31Cl2FN2O3. The second kappa shape index (κ2) is 11.7. The maximum Gasteiger partial charge on any atom is 0.254 e. The van der Waals surface area contributed by atoms with Gasteiger partial charge in [-0.2, -0.15) is 0 Å². The highest BCUT2D eigenvalue weighted by molar-refractivity contribution is 6.35. The van der Waals surface area contributed by atoms with Crippen molar-refractivity contribution in [2.24, 2.45) is 0 Å². The van der Waals surface area contributed by atoms with Crippen LogP contribution in [0.4, 0.5) is 4.39 Å². The first-order valence-electron chi connectivity index (χ1n) is 13.0. The number of carbonyl (C=O) groups is 1. The molecule has 0 radical (unpaired) electrons. The molecule has 0 spiro atoms. The number of rotatable bonds is 7. The second-order valence-corrected chi connectivity index (χ2v) is 11.0. The maximum absolute atomic E-state index is 14.0. The number of fused-ring (bicyclic) bond motifs is 1. The lowest BCUT2D eigenvalue weighted by Gasteiger charge is -2.49. The van der Waals surface area contributed by atoms with Crippen LogP contribution in [0.1, 0.15) is 64.7 Å². The molecular weight excluding hydrogens is 526 g/mol. The molecule has 1 fully saturated rings. The topological polar surface area (TPSA) is 72.8 Å². The molecule has 1 aliphatic heterocycles. The Morgan fingerprint density at radius 1 is 0.974 bits per heavy atom. The largest absolute Gasteiger partial charge is 0.393 e. The average Bonchev–Trinajstić information content (AvgIpc) is 2.90. The highest BCUT2D eigenvalue weighted by Crippen LogP contribution is 2.48. The zero-order chi connectivity index (χ0) is 26.8. The first-order chi connectivity index (χ1) is 18.3. The smallest absolute Gasteiger partial charge is 0.254 e. The van der Waals surface area contributed by atoms with Crippen LogP contribution in [0.25, 0.3) is 0 Å². The molecule has 2 aliphatic rings. The van der Waals surface area contributed by atoms with Gasteiger partial charge in [0, 0.05) is 34.1 Å². The van der Waals surface area contributed by atoms with Gasteiger partial charge in [-0.15, -0.1) is 0 Å². The summed E-state index contributed by atoms with van der Waals surface area (Å²) < 4.78 is 13.3. The van der Waals surface area contributed by atoms with Crippen LogP contribution < -0.4 is 5.32 Å². The minimum Gasteiger partial charge on any atom is -0.393 e. The number of nitrogens with one attached hydrogen (secondary N) is 1.